The molecular weight excluding hydrogens is 303 g/mol. The van der Waals surface area contributed by atoms with E-state index in [0.717, 1.165) is 10.7 Å². The van der Waals surface area contributed by atoms with E-state index >= 15 is 0 Å². The Morgan fingerprint density at radius 3 is 2.38 bits per heavy atom. The fourth-order valence-corrected chi connectivity index (χ4v) is 2.80. The average Bonchev–Trinajstić information content (AvgIpc) is 3.32. The Bertz CT molecular complexity index is 685. The molecule has 3 rings (SSSR count). The first-order valence-electron chi connectivity index (χ1n) is 6.89. The third-order valence-electron chi connectivity index (χ3n) is 3.73. The van der Waals surface area contributed by atoms with Gasteiger partial charge in [0, 0.05) is 5.02 Å². The number of rotatable bonds is 4. The standard InChI is InChI=1S/C17H14Cl2N2/c18-14-6-4-13(5-7-14)17(12-2-3-12)21-16-8-1-11(10-20)9-15(16)19/h1,4-9,12,17,21H,2-3H2. The summed E-state index contributed by atoms with van der Waals surface area (Å²) in [6, 6.07) is 15.6. The molecule has 1 N–H and O–H groups in total. The largest absolute Gasteiger partial charge is 0.377 e. The minimum Gasteiger partial charge on any atom is -0.377 e. The van der Waals surface area contributed by atoms with Gasteiger partial charge in [-0.05, 0) is 54.7 Å². The van der Waals surface area contributed by atoms with E-state index in [1.54, 1.807) is 12.1 Å². The van der Waals surface area contributed by atoms with Crippen LogP contribution in [0.25, 0.3) is 0 Å². The fourth-order valence-electron chi connectivity index (χ4n) is 2.44. The van der Waals surface area contributed by atoms with Gasteiger partial charge in [-0.1, -0.05) is 35.3 Å². The highest BCUT2D eigenvalue weighted by Gasteiger charge is 2.32. The lowest BCUT2D eigenvalue weighted by atomic mass is 10.0. The van der Waals surface area contributed by atoms with Gasteiger partial charge in [-0.3, -0.25) is 0 Å². The Morgan fingerprint density at radius 2 is 1.81 bits per heavy atom. The van der Waals surface area contributed by atoms with Gasteiger partial charge in [-0.2, -0.15) is 5.26 Å². The lowest BCUT2D eigenvalue weighted by molar-refractivity contribution is 0.679. The summed E-state index contributed by atoms with van der Waals surface area (Å²) in [7, 11) is 0. The van der Waals surface area contributed by atoms with Gasteiger partial charge in [0.2, 0.25) is 0 Å². The minimum absolute atomic E-state index is 0.229. The van der Waals surface area contributed by atoms with Gasteiger partial charge >= 0.3 is 0 Å². The highest BCUT2D eigenvalue weighted by Crippen LogP contribution is 2.43. The van der Waals surface area contributed by atoms with Gasteiger partial charge in [-0.15, -0.1) is 0 Å². The van der Waals surface area contributed by atoms with Crippen molar-refractivity contribution in [1.29, 1.82) is 5.26 Å². The summed E-state index contributed by atoms with van der Waals surface area (Å²) < 4.78 is 0. The van der Waals surface area contributed by atoms with Crippen molar-refractivity contribution in [2.24, 2.45) is 5.92 Å². The van der Waals surface area contributed by atoms with E-state index in [0.29, 0.717) is 16.5 Å². The van der Waals surface area contributed by atoms with Gasteiger partial charge < -0.3 is 5.32 Å². The zero-order chi connectivity index (χ0) is 14.8. The average molecular weight is 317 g/mol. The summed E-state index contributed by atoms with van der Waals surface area (Å²) in [5, 5.41) is 13.7. The van der Waals surface area contributed by atoms with Gasteiger partial charge in [0.05, 0.1) is 28.4 Å². The summed E-state index contributed by atoms with van der Waals surface area (Å²) in [6.45, 7) is 0. The smallest absolute Gasteiger partial charge is 0.0992 e. The molecule has 0 aliphatic heterocycles. The molecular formula is C17H14Cl2N2. The number of halogens is 2. The van der Waals surface area contributed by atoms with E-state index in [2.05, 4.69) is 23.5 Å². The molecule has 1 saturated carbocycles. The summed E-state index contributed by atoms with van der Waals surface area (Å²) in [6.07, 6.45) is 2.43. The molecule has 0 amide bonds. The van der Waals surface area contributed by atoms with Crippen LogP contribution in [0.1, 0.15) is 30.0 Å². The molecule has 1 aliphatic carbocycles. The lowest BCUT2D eigenvalue weighted by Crippen LogP contribution is -2.13. The fraction of sp³-hybridized carbons (Fsp3) is 0.235. The normalized spacial score (nSPS) is 15.3. The number of nitriles is 1. The maximum absolute atomic E-state index is 8.90. The van der Waals surface area contributed by atoms with Crippen LogP contribution in [0.2, 0.25) is 10.0 Å². The Kier molecular flexibility index (Phi) is 4.05. The van der Waals surface area contributed by atoms with E-state index in [1.165, 1.54) is 18.4 Å². The number of nitrogens with one attached hydrogen (secondary N) is 1. The summed E-state index contributed by atoms with van der Waals surface area (Å²) >= 11 is 12.2. The molecule has 1 unspecified atom stereocenters. The number of hydrogen-bond acceptors (Lipinski definition) is 2. The first-order chi connectivity index (χ1) is 10.2. The zero-order valence-corrected chi connectivity index (χ0v) is 12.8. The number of hydrogen-bond donors (Lipinski definition) is 1. The van der Waals surface area contributed by atoms with Crippen LogP contribution in [0.5, 0.6) is 0 Å². The maximum atomic E-state index is 8.90. The Balaban J connectivity index is 1.86. The third kappa shape index (κ3) is 3.32. The molecule has 0 bridgehead atoms. The molecule has 0 radical (unpaired) electrons. The van der Waals surface area contributed by atoms with Crippen molar-refractivity contribution in [3.05, 3.63) is 63.6 Å². The second kappa shape index (κ2) is 5.97. The van der Waals surface area contributed by atoms with Crippen LogP contribution in [0.3, 0.4) is 0 Å². The monoisotopic (exact) mass is 316 g/mol. The third-order valence-corrected chi connectivity index (χ3v) is 4.30. The van der Waals surface area contributed by atoms with Gasteiger partial charge in [0.1, 0.15) is 0 Å². The Labute approximate surface area is 134 Å². The van der Waals surface area contributed by atoms with E-state index in [1.807, 2.05) is 18.2 Å². The molecule has 21 heavy (non-hydrogen) atoms. The van der Waals surface area contributed by atoms with Crippen molar-refractivity contribution >= 4 is 28.9 Å². The van der Waals surface area contributed by atoms with Gasteiger partial charge in [-0.25, -0.2) is 0 Å². The second-order valence-corrected chi connectivity index (χ2v) is 6.16. The van der Waals surface area contributed by atoms with Crippen LogP contribution in [0.4, 0.5) is 5.69 Å². The number of nitrogens with zero attached hydrogens (tertiary/aromatic N) is 1. The van der Waals surface area contributed by atoms with Gasteiger partial charge in [0.15, 0.2) is 0 Å². The first-order valence-corrected chi connectivity index (χ1v) is 7.64. The second-order valence-electron chi connectivity index (χ2n) is 5.32. The molecule has 2 aromatic carbocycles. The SMILES string of the molecule is N#Cc1ccc(NC(c2ccc(Cl)cc2)C2CC2)c(Cl)c1. The van der Waals surface area contributed by atoms with Crippen molar-refractivity contribution in [1.82, 2.24) is 0 Å². The molecule has 0 heterocycles. The van der Waals surface area contributed by atoms with Crippen molar-refractivity contribution in [2.45, 2.75) is 18.9 Å². The molecule has 2 nitrogen and oxygen atoms in total. The molecule has 106 valence electrons. The number of anilines is 1. The van der Waals surface area contributed by atoms with Crippen LogP contribution in [-0.2, 0) is 0 Å². The molecule has 1 aliphatic rings. The first kappa shape index (κ1) is 14.3. The van der Waals surface area contributed by atoms with E-state index in [4.69, 9.17) is 28.5 Å². The van der Waals surface area contributed by atoms with E-state index in [9.17, 15) is 0 Å². The minimum atomic E-state index is 0.229. The molecule has 2 aromatic rings. The topological polar surface area (TPSA) is 35.8 Å². The predicted octanol–water partition coefficient (Wildman–Crippen LogP) is 5.43. The van der Waals surface area contributed by atoms with Crippen LogP contribution in [0, 0.1) is 17.2 Å². The summed E-state index contributed by atoms with van der Waals surface area (Å²) in [5.41, 5.74) is 2.64. The van der Waals surface area contributed by atoms with Crippen molar-refractivity contribution in [2.75, 3.05) is 5.32 Å². The molecule has 0 aromatic heterocycles. The van der Waals surface area contributed by atoms with Crippen LogP contribution < -0.4 is 5.32 Å². The molecule has 0 saturated heterocycles. The van der Waals surface area contributed by atoms with Crippen LogP contribution in [-0.4, -0.2) is 0 Å². The van der Waals surface area contributed by atoms with Crippen molar-refractivity contribution in [3.8, 4) is 6.07 Å². The number of benzene rings is 2. The van der Waals surface area contributed by atoms with E-state index in [-0.39, 0.29) is 6.04 Å². The molecule has 0 spiro atoms. The molecule has 1 atom stereocenters. The quantitative estimate of drug-likeness (QED) is 0.816. The summed E-state index contributed by atoms with van der Waals surface area (Å²) in [4.78, 5) is 0. The van der Waals surface area contributed by atoms with Gasteiger partial charge in [0.25, 0.3) is 0 Å². The highest BCUT2D eigenvalue weighted by atomic mass is 35.5. The molecule has 4 heteroatoms. The zero-order valence-electron chi connectivity index (χ0n) is 11.3. The maximum Gasteiger partial charge on any atom is 0.0992 e. The van der Waals surface area contributed by atoms with Crippen LogP contribution in [0.15, 0.2) is 42.5 Å². The van der Waals surface area contributed by atoms with Crippen molar-refractivity contribution < 1.29 is 0 Å². The van der Waals surface area contributed by atoms with Crippen molar-refractivity contribution in [3.63, 3.8) is 0 Å². The Morgan fingerprint density at radius 1 is 1.10 bits per heavy atom. The van der Waals surface area contributed by atoms with Crippen LogP contribution >= 0.6 is 23.2 Å². The predicted molar refractivity (Wildman–Crippen MR) is 86.7 cm³/mol. The molecule has 1 fully saturated rings. The lowest BCUT2D eigenvalue weighted by Gasteiger charge is -2.21. The Hall–Kier alpha value is -1.69. The van der Waals surface area contributed by atoms with E-state index < -0.39 is 0 Å². The summed E-state index contributed by atoms with van der Waals surface area (Å²) in [5.74, 6) is 0.623. The highest BCUT2D eigenvalue weighted by molar-refractivity contribution is 6.33.